The molecule has 0 aliphatic rings. The monoisotopic (exact) mass is 290 g/mol. The first kappa shape index (κ1) is 15.8. The van der Waals surface area contributed by atoms with Crippen molar-refractivity contribution in [2.75, 3.05) is 0 Å². The van der Waals surface area contributed by atoms with Crippen LogP contribution in [0.15, 0.2) is 16.5 Å². The van der Waals surface area contributed by atoms with E-state index >= 15 is 0 Å². The molecule has 0 aliphatic carbocycles. The second kappa shape index (κ2) is 6.43. The summed E-state index contributed by atoms with van der Waals surface area (Å²) in [6.07, 6.45) is 1.74. The molecule has 0 fully saturated rings. The van der Waals surface area contributed by atoms with Crippen molar-refractivity contribution in [3.63, 3.8) is 0 Å². The third-order valence-corrected chi connectivity index (χ3v) is 3.24. The van der Waals surface area contributed by atoms with Crippen molar-refractivity contribution in [1.29, 1.82) is 0 Å². The molecule has 0 aliphatic heterocycles. The van der Waals surface area contributed by atoms with Crippen LogP contribution in [0.1, 0.15) is 57.8 Å². The van der Waals surface area contributed by atoms with Gasteiger partial charge in [-0.05, 0) is 32.9 Å². The smallest absolute Gasteiger partial charge is 0.150 e. The topological polar surface area (TPSA) is 55.9 Å². The maximum atomic E-state index is 5.87. The zero-order chi connectivity index (χ0) is 15.5. The average Bonchev–Trinajstić information content (AvgIpc) is 3.02. The van der Waals surface area contributed by atoms with Gasteiger partial charge >= 0.3 is 0 Å². The van der Waals surface area contributed by atoms with Crippen LogP contribution in [0.3, 0.4) is 0 Å². The molecule has 2 aromatic heterocycles. The molecule has 5 heteroatoms. The quantitative estimate of drug-likeness (QED) is 0.888. The Balaban J connectivity index is 2.03. The summed E-state index contributed by atoms with van der Waals surface area (Å²) in [6, 6.07) is 4.05. The fourth-order valence-electron chi connectivity index (χ4n) is 2.07. The minimum Gasteiger partial charge on any atom is -0.463 e. The highest BCUT2D eigenvalue weighted by molar-refractivity contribution is 5.08. The molecule has 21 heavy (non-hydrogen) atoms. The van der Waals surface area contributed by atoms with Crippen molar-refractivity contribution in [1.82, 2.24) is 20.1 Å². The molecule has 2 rings (SSSR count). The van der Waals surface area contributed by atoms with Gasteiger partial charge in [-0.15, -0.1) is 0 Å². The number of aromatic nitrogens is 3. The van der Waals surface area contributed by atoms with Crippen LogP contribution >= 0.6 is 0 Å². The molecule has 0 unspecified atom stereocenters. The molecule has 0 atom stereocenters. The van der Waals surface area contributed by atoms with Gasteiger partial charge in [-0.25, -0.2) is 9.67 Å². The molecule has 0 saturated heterocycles. The Hall–Kier alpha value is -1.62. The minimum atomic E-state index is 0.0876. The third-order valence-electron chi connectivity index (χ3n) is 3.24. The Morgan fingerprint density at radius 3 is 2.48 bits per heavy atom. The van der Waals surface area contributed by atoms with E-state index < -0.39 is 0 Å². The second-order valence-corrected chi connectivity index (χ2v) is 6.28. The van der Waals surface area contributed by atoms with E-state index in [-0.39, 0.29) is 5.54 Å². The Bertz CT molecular complexity index is 577. The van der Waals surface area contributed by atoms with Gasteiger partial charge in [0.15, 0.2) is 5.82 Å². The van der Waals surface area contributed by atoms with E-state index in [2.05, 4.69) is 50.0 Å². The molecule has 0 radical (unpaired) electrons. The second-order valence-electron chi connectivity index (χ2n) is 6.28. The number of furan rings is 1. The lowest BCUT2D eigenvalue weighted by atomic mass is 10.1. The number of hydrogen-bond acceptors (Lipinski definition) is 4. The van der Waals surface area contributed by atoms with E-state index in [1.165, 1.54) is 0 Å². The van der Waals surface area contributed by atoms with Crippen molar-refractivity contribution in [3.05, 3.63) is 35.3 Å². The first-order chi connectivity index (χ1) is 9.91. The van der Waals surface area contributed by atoms with Crippen molar-refractivity contribution in [2.24, 2.45) is 0 Å². The van der Waals surface area contributed by atoms with Gasteiger partial charge in [0.25, 0.3) is 0 Å². The maximum Gasteiger partial charge on any atom is 0.150 e. The van der Waals surface area contributed by atoms with Crippen LogP contribution in [0.2, 0.25) is 0 Å². The number of aryl methyl sites for hydroxylation is 2. The fourth-order valence-corrected chi connectivity index (χ4v) is 2.07. The molecule has 5 nitrogen and oxygen atoms in total. The van der Waals surface area contributed by atoms with E-state index in [0.29, 0.717) is 6.54 Å². The molecule has 1 N–H and O–H groups in total. The molecular weight excluding hydrogens is 264 g/mol. The Labute approximate surface area is 126 Å². The van der Waals surface area contributed by atoms with E-state index in [1.807, 2.05) is 16.8 Å². The number of nitrogens with zero attached hydrogens (tertiary/aromatic N) is 3. The summed E-state index contributed by atoms with van der Waals surface area (Å²) in [5, 5.41) is 7.94. The maximum absolute atomic E-state index is 5.87. The Morgan fingerprint density at radius 2 is 1.86 bits per heavy atom. The number of nitrogens with one attached hydrogen (secondary N) is 1. The summed E-state index contributed by atoms with van der Waals surface area (Å²) >= 11 is 0. The molecule has 0 spiro atoms. The van der Waals surface area contributed by atoms with E-state index in [9.17, 15) is 0 Å². The zero-order valence-corrected chi connectivity index (χ0v) is 13.7. The van der Waals surface area contributed by atoms with Crippen molar-refractivity contribution >= 4 is 0 Å². The van der Waals surface area contributed by atoms with Crippen molar-refractivity contribution in [2.45, 2.75) is 66.1 Å². The van der Waals surface area contributed by atoms with Gasteiger partial charge in [-0.1, -0.05) is 13.8 Å². The summed E-state index contributed by atoms with van der Waals surface area (Å²) in [7, 11) is 0. The van der Waals surface area contributed by atoms with Crippen LogP contribution in [0.25, 0.3) is 0 Å². The van der Waals surface area contributed by atoms with Crippen LogP contribution < -0.4 is 5.32 Å². The standard InChI is InChI=1S/C16H26N4O/c1-6-14-18-15(7-2)20(19-14)11-13-9-8-12(21-13)10-17-16(3,4)5/h8-9,17H,6-7,10-11H2,1-5H3. The van der Waals surface area contributed by atoms with E-state index in [0.717, 1.165) is 42.6 Å². The van der Waals surface area contributed by atoms with Crippen LogP contribution in [0.4, 0.5) is 0 Å². The minimum absolute atomic E-state index is 0.0876. The summed E-state index contributed by atoms with van der Waals surface area (Å²) in [4.78, 5) is 4.52. The van der Waals surface area contributed by atoms with Gasteiger partial charge in [-0.2, -0.15) is 5.10 Å². The fraction of sp³-hybridized carbons (Fsp3) is 0.625. The molecular formula is C16H26N4O. The van der Waals surface area contributed by atoms with Gasteiger partial charge in [0.2, 0.25) is 0 Å². The van der Waals surface area contributed by atoms with E-state index in [4.69, 9.17) is 4.42 Å². The zero-order valence-electron chi connectivity index (χ0n) is 13.7. The van der Waals surface area contributed by atoms with Crippen LogP contribution in [0, 0.1) is 0 Å². The highest BCUT2D eigenvalue weighted by atomic mass is 16.3. The molecule has 0 bridgehead atoms. The predicted octanol–water partition coefficient (Wildman–Crippen LogP) is 2.93. The SMILES string of the molecule is CCc1nc(CC)n(Cc2ccc(CNC(C)(C)C)o2)n1. The van der Waals surface area contributed by atoms with Crippen molar-refractivity contribution in [3.8, 4) is 0 Å². The average molecular weight is 290 g/mol. The van der Waals surface area contributed by atoms with Crippen LogP contribution in [-0.2, 0) is 25.9 Å². The lowest BCUT2D eigenvalue weighted by Gasteiger charge is -2.19. The molecule has 0 saturated carbocycles. The normalized spacial score (nSPS) is 12.0. The van der Waals surface area contributed by atoms with Gasteiger partial charge in [0, 0.05) is 18.4 Å². The summed E-state index contributed by atoms with van der Waals surface area (Å²) in [6.45, 7) is 12.0. The van der Waals surface area contributed by atoms with Gasteiger partial charge in [0.1, 0.15) is 23.9 Å². The Kier molecular flexibility index (Phi) is 4.83. The lowest BCUT2D eigenvalue weighted by Crippen LogP contribution is -2.34. The molecule has 0 aromatic carbocycles. The van der Waals surface area contributed by atoms with Crippen LogP contribution in [0.5, 0.6) is 0 Å². The molecule has 2 heterocycles. The third kappa shape index (κ3) is 4.43. The molecule has 2 aromatic rings. The summed E-state index contributed by atoms with van der Waals surface area (Å²) in [5.41, 5.74) is 0.0876. The van der Waals surface area contributed by atoms with Crippen LogP contribution in [-0.4, -0.2) is 20.3 Å². The first-order valence-electron chi connectivity index (χ1n) is 7.66. The predicted molar refractivity (Wildman–Crippen MR) is 83.2 cm³/mol. The highest BCUT2D eigenvalue weighted by Crippen LogP contribution is 2.12. The number of hydrogen-bond donors (Lipinski definition) is 1. The van der Waals surface area contributed by atoms with Crippen molar-refractivity contribution < 1.29 is 4.42 Å². The van der Waals surface area contributed by atoms with E-state index in [1.54, 1.807) is 0 Å². The van der Waals surface area contributed by atoms with Gasteiger partial charge < -0.3 is 9.73 Å². The Morgan fingerprint density at radius 1 is 1.14 bits per heavy atom. The lowest BCUT2D eigenvalue weighted by molar-refractivity contribution is 0.373. The molecule has 116 valence electrons. The largest absolute Gasteiger partial charge is 0.463 e. The highest BCUT2D eigenvalue weighted by Gasteiger charge is 2.12. The van der Waals surface area contributed by atoms with Gasteiger partial charge in [-0.3, -0.25) is 0 Å². The van der Waals surface area contributed by atoms with Gasteiger partial charge in [0.05, 0.1) is 6.54 Å². The first-order valence-corrected chi connectivity index (χ1v) is 7.66. The summed E-state index contributed by atoms with van der Waals surface area (Å²) < 4.78 is 7.82. The molecule has 0 amide bonds. The summed E-state index contributed by atoms with van der Waals surface area (Å²) in [5.74, 6) is 3.78. The number of rotatable bonds is 6.